The van der Waals surface area contributed by atoms with Crippen LogP contribution in [-0.2, 0) is 10.0 Å². The highest BCUT2D eigenvalue weighted by molar-refractivity contribution is 7.92. The van der Waals surface area contributed by atoms with Gasteiger partial charge in [-0.15, -0.1) is 12.4 Å². The van der Waals surface area contributed by atoms with Crippen molar-refractivity contribution in [3.63, 3.8) is 0 Å². The lowest BCUT2D eigenvalue weighted by Gasteiger charge is -2.28. The van der Waals surface area contributed by atoms with Crippen molar-refractivity contribution in [2.75, 3.05) is 11.3 Å². The van der Waals surface area contributed by atoms with Gasteiger partial charge in [0.1, 0.15) is 0 Å². The van der Waals surface area contributed by atoms with Gasteiger partial charge in [0.25, 0.3) is 15.9 Å². The maximum absolute atomic E-state index is 12.7. The summed E-state index contributed by atoms with van der Waals surface area (Å²) in [6.45, 7) is 2.27. The van der Waals surface area contributed by atoms with Crippen molar-refractivity contribution < 1.29 is 13.2 Å². The summed E-state index contributed by atoms with van der Waals surface area (Å²) in [5, 5.41) is 3.02. The van der Waals surface area contributed by atoms with Gasteiger partial charge in [-0.3, -0.25) is 9.52 Å². The van der Waals surface area contributed by atoms with Crippen LogP contribution in [0.2, 0.25) is 0 Å². The Labute approximate surface area is 172 Å². The van der Waals surface area contributed by atoms with Crippen LogP contribution in [0.4, 0.5) is 5.69 Å². The number of hydrogen-bond donors (Lipinski definition) is 3. The first-order chi connectivity index (χ1) is 12.8. The maximum Gasteiger partial charge on any atom is 0.261 e. The minimum absolute atomic E-state index is 0. The zero-order valence-electron chi connectivity index (χ0n) is 15.8. The molecule has 1 amide bonds. The second-order valence-corrected chi connectivity index (χ2v) is 8.83. The highest BCUT2D eigenvalue weighted by atomic mass is 35.5. The Kier molecular flexibility index (Phi) is 7.09. The lowest BCUT2D eigenvalue weighted by molar-refractivity contribution is 0.0903. The first-order valence-corrected chi connectivity index (χ1v) is 10.5. The van der Waals surface area contributed by atoms with E-state index < -0.39 is 10.0 Å². The molecule has 0 aromatic heterocycles. The van der Waals surface area contributed by atoms with E-state index in [-0.39, 0.29) is 28.7 Å². The van der Waals surface area contributed by atoms with Crippen molar-refractivity contribution in [2.24, 2.45) is 5.73 Å². The molecule has 8 heteroatoms. The molecule has 1 saturated carbocycles. The van der Waals surface area contributed by atoms with Gasteiger partial charge < -0.3 is 11.1 Å². The molecule has 1 fully saturated rings. The summed E-state index contributed by atoms with van der Waals surface area (Å²) in [5.41, 5.74) is 7.23. The molecule has 2 aromatic carbocycles. The highest BCUT2D eigenvalue weighted by Crippen LogP contribution is 2.29. The molecule has 152 valence electrons. The zero-order valence-corrected chi connectivity index (χ0v) is 17.4. The fourth-order valence-electron chi connectivity index (χ4n) is 3.47. The number of amides is 1. The molecule has 1 aliphatic rings. The first-order valence-electron chi connectivity index (χ1n) is 9.06. The quantitative estimate of drug-likeness (QED) is 0.663. The topological polar surface area (TPSA) is 101 Å². The van der Waals surface area contributed by atoms with Crippen molar-refractivity contribution in [3.8, 4) is 0 Å². The van der Waals surface area contributed by atoms with Crippen LogP contribution in [0.15, 0.2) is 53.4 Å². The molecule has 28 heavy (non-hydrogen) atoms. The summed E-state index contributed by atoms with van der Waals surface area (Å²) < 4.78 is 27.9. The number of hydrogen-bond acceptors (Lipinski definition) is 4. The van der Waals surface area contributed by atoms with Crippen LogP contribution in [0, 0.1) is 6.92 Å². The van der Waals surface area contributed by atoms with Gasteiger partial charge in [0, 0.05) is 17.8 Å². The number of benzene rings is 2. The third-order valence-corrected chi connectivity index (χ3v) is 6.39. The van der Waals surface area contributed by atoms with Crippen LogP contribution in [0.3, 0.4) is 0 Å². The van der Waals surface area contributed by atoms with Gasteiger partial charge in [-0.2, -0.15) is 0 Å². The molecule has 1 aliphatic carbocycles. The Morgan fingerprint density at radius 3 is 2.43 bits per heavy atom. The Balaban J connectivity index is 0.00000280. The summed E-state index contributed by atoms with van der Waals surface area (Å²) >= 11 is 0. The summed E-state index contributed by atoms with van der Waals surface area (Å²) in [6.07, 6.45) is 3.77. The molecule has 0 radical (unpaired) electrons. The molecule has 2 aromatic rings. The van der Waals surface area contributed by atoms with E-state index in [9.17, 15) is 13.2 Å². The van der Waals surface area contributed by atoms with Crippen molar-refractivity contribution in [3.05, 3.63) is 59.7 Å². The van der Waals surface area contributed by atoms with Crippen LogP contribution >= 0.6 is 12.4 Å². The number of nitrogens with two attached hydrogens (primary N) is 1. The van der Waals surface area contributed by atoms with Gasteiger partial charge >= 0.3 is 0 Å². The summed E-state index contributed by atoms with van der Waals surface area (Å²) in [4.78, 5) is 12.7. The van der Waals surface area contributed by atoms with Gasteiger partial charge in [-0.25, -0.2) is 8.42 Å². The minimum Gasteiger partial charge on any atom is -0.345 e. The molecule has 0 atom stereocenters. The number of carbonyl (C=O) groups excluding carboxylic acids is 1. The fourth-order valence-corrected chi connectivity index (χ4v) is 4.57. The molecule has 0 aliphatic heterocycles. The van der Waals surface area contributed by atoms with E-state index in [1.807, 2.05) is 13.0 Å². The number of anilines is 1. The van der Waals surface area contributed by atoms with Gasteiger partial charge in [-0.05, 0) is 55.7 Å². The average Bonchev–Trinajstić information content (AvgIpc) is 3.10. The smallest absolute Gasteiger partial charge is 0.261 e. The standard InChI is InChI=1S/C20H25N3O3S.ClH/c1-15-6-4-8-17(12-15)23-27(25,26)18-9-5-7-16(13-18)19(24)22-20(14-21)10-2-3-11-20;/h4-9,12-13,23H,2-3,10-11,14,21H2,1H3,(H,22,24);1H. The van der Waals surface area contributed by atoms with Crippen LogP contribution in [0.25, 0.3) is 0 Å². The Morgan fingerprint density at radius 1 is 1.11 bits per heavy atom. The van der Waals surface area contributed by atoms with Crippen LogP contribution in [-0.4, -0.2) is 26.4 Å². The SMILES string of the molecule is Cc1cccc(NS(=O)(=O)c2cccc(C(=O)NC3(CN)CCCC3)c2)c1.Cl. The normalized spacial score (nSPS) is 15.5. The Hall–Kier alpha value is -2.09. The molecule has 6 nitrogen and oxygen atoms in total. The lowest BCUT2D eigenvalue weighted by atomic mass is 9.97. The van der Waals surface area contributed by atoms with E-state index in [0.717, 1.165) is 31.2 Å². The molecule has 0 unspecified atom stereocenters. The zero-order chi connectivity index (χ0) is 19.5. The van der Waals surface area contributed by atoms with Crippen LogP contribution in [0.5, 0.6) is 0 Å². The van der Waals surface area contributed by atoms with E-state index in [2.05, 4.69) is 10.0 Å². The predicted octanol–water partition coefficient (Wildman–Crippen LogP) is 3.22. The molecule has 3 rings (SSSR count). The molecule has 0 saturated heterocycles. The van der Waals surface area contributed by atoms with Gasteiger partial charge in [-0.1, -0.05) is 31.0 Å². The van der Waals surface area contributed by atoms with E-state index in [0.29, 0.717) is 17.8 Å². The van der Waals surface area contributed by atoms with Crippen molar-refractivity contribution in [1.82, 2.24) is 5.32 Å². The minimum atomic E-state index is -3.79. The Bertz CT molecular complexity index is 941. The number of nitrogens with one attached hydrogen (secondary N) is 2. The lowest BCUT2D eigenvalue weighted by Crippen LogP contribution is -2.51. The third kappa shape index (κ3) is 5.04. The Morgan fingerprint density at radius 2 is 1.79 bits per heavy atom. The summed E-state index contributed by atoms with van der Waals surface area (Å²) in [6, 6.07) is 13.2. The summed E-state index contributed by atoms with van der Waals surface area (Å²) in [5.74, 6) is -0.296. The van der Waals surface area contributed by atoms with Crippen LogP contribution in [0.1, 0.15) is 41.6 Å². The van der Waals surface area contributed by atoms with E-state index in [4.69, 9.17) is 5.73 Å². The van der Waals surface area contributed by atoms with E-state index in [1.165, 1.54) is 12.1 Å². The second-order valence-electron chi connectivity index (χ2n) is 7.15. The van der Waals surface area contributed by atoms with E-state index in [1.54, 1.807) is 30.3 Å². The number of sulfonamides is 1. The molecule has 0 bridgehead atoms. The first kappa shape index (κ1) is 22.2. The summed E-state index contributed by atoms with van der Waals surface area (Å²) in [7, 11) is -3.79. The molecule has 0 heterocycles. The number of halogens is 1. The number of aryl methyl sites for hydroxylation is 1. The highest BCUT2D eigenvalue weighted by Gasteiger charge is 2.34. The van der Waals surface area contributed by atoms with Crippen molar-refractivity contribution in [1.29, 1.82) is 0 Å². The fraction of sp³-hybridized carbons (Fsp3) is 0.350. The molecule has 4 N–H and O–H groups in total. The van der Waals surface area contributed by atoms with Crippen LogP contribution < -0.4 is 15.8 Å². The maximum atomic E-state index is 12.7. The second kappa shape index (κ2) is 8.94. The molecule has 0 spiro atoms. The van der Waals surface area contributed by atoms with Crippen molar-refractivity contribution in [2.45, 2.75) is 43.0 Å². The predicted molar refractivity (Wildman–Crippen MR) is 113 cm³/mol. The van der Waals surface area contributed by atoms with Crippen molar-refractivity contribution >= 4 is 34.0 Å². The average molecular weight is 424 g/mol. The number of carbonyl (C=O) groups is 1. The third-order valence-electron chi connectivity index (χ3n) is 5.01. The molecular formula is C20H26ClN3O3S. The largest absolute Gasteiger partial charge is 0.345 e. The molecular weight excluding hydrogens is 398 g/mol. The van der Waals surface area contributed by atoms with Gasteiger partial charge in [0.2, 0.25) is 0 Å². The van der Waals surface area contributed by atoms with E-state index >= 15 is 0 Å². The van der Waals surface area contributed by atoms with Gasteiger partial charge in [0.15, 0.2) is 0 Å². The monoisotopic (exact) mass is 423 g/mol. The van der Waals surface area contributed by atoms with Gasteiger partial charge in [0.05, 0.1) is 10.4 Å². The number of rotatable bonds is 6.